The molecule has 0 bridgehead atoms. The van der Waals surface area contributed by atoms with E-state index in [0.29, 0.717) is 14.5 Å². The summed E-state index contributed by atoms with van der Waals surface area (Å²) in [5.41, 5.74) is 0.147. The van der Waals surface area contributed by atoms with Gasteiger partial charge >= 0.3 is 5.97 Å². The van der Waals surface area contributed by atoms with Gasteiger partial charge in [0.25, 0.3) is 0 Å². The molecule has 0 saturated carbocycles. The minimum absolute atomic E-state index is 0.147. The van der Waals surface area contributed by atoms with Crippen molar-refractivity contribution in [2.75, 3.05) is 0 Å². The van der Waals surface area contributed by atoms with Crippen molar-refractivity contribution in [3.05, 3.63) is 51.6 Å². The molecule has 0 amide bonds. The smallest absolute Gasteiger partial charge is 0.338 e. The maximum atomic E-state index is 11.1. The first-order chi connectivity index (χ1) is 8.58. The molecule has 0 aliphatic heterocycles. The molecule has 0 atom stereocenters. The van der Waals surface area contributed by atoms with Crippen LogP contribution in [0.25, 0.3) is 0 Å². The highest BCUT2D eigenvalue weighted by molar-refractivity contribution is 9.10. The number of hydrogen-bond acceptors (Lipinski definition) is 3. The van der Waals surface area contributed by atoms with Crippen LogP contribution in [-0.2, 0) is 0 Å². The van der Waals surface area contributed by atoms with E-state index in [-0.39, 0.29) is 5.56 Å². The van der Waals surface area contributed by atoms with Gasteiger partial charge in [-0.05, 0) is 34.1 Å². The Morgan fingerprint density at radius 3 is 2.78 bits per heavy atom. The Morgan fingerprint density at radius 2 is 2.11 bits per heavy atom. The van der Waals surface area contributed by atoms with Gasteiger partial charge in [0, 0.05) is 15.6 Å². The third kappa shape index (κ3) is 3.04. The van der Waals surface area contributed by atoms with E-state index in [1.54, 1.807) is 12.3 Å². The molecule has 1 heterocycles. The van der Waals surface area contributed by atoms with Crippen molar-refractivity contribution in [3.63, 3.8) is 0 Å². The summed E-state index contributed by atoms with van der Waals surface area (Å²) in [4.78, 5) is 16.0. The van der Waals surface area contributed by atoms with E-state index in [9.17, 15) is 4.79 Å². The highest BCUT2D eigenvalue weighted by Crippen LogP contribution is 2.34. The number of aromatic carboxylic acids is 1. The Labute approximate surface area is 121 Å². The van der Waals surface area contributed by atoms with Gasteiger partial charge in [-0.15, -0.1) is 0 Å². The second-order valence-corrected chi connectivity index (χ2v) is 5.70. The summed E-state index contributed by atoms with van der Waals surface area (Å²) in [6.45, 7) is 0. The predicted octanol–water partition coefficient (Wildman–Crippen LogP) is 4.35. The molecule has 0 aliphatic carbocycles. The van der Waals surface area contributed by atoms with E-state index in [1.165, 1.54) is 17.8 Å². The predicted molar refractivity (Wildman–Crippen MR) is 74.5 cm³/mol. The molecule has 0 unspecified atom stereocenters. The summed E-state index contributed by atoms with van der Waals surface area (Å²) in [5.74, 6) is -1.02. The van der Waals surface area contributed by atoms with E-state index in [4.69, 9.17) is 16.7 Å². The second-order valence-electron chi connectivity index (χ2n) is 3.34. The summed E-state index contributed by atoms with van der Waals surface area (Å²) in [7, 11) is 0. The average Bonchev–Trinajstić information content (AvgIpc) is 2.34. The highest BCUT2D eigenvalue weighted by Gasteiger charge is 2.14. The highest BCUT2D eigenvalue weighted by atomic mass is 79.9. The van der Waals surface area contributed by atoms with Crippen molar-refractivity contribution in [2.24, 2.45) is 0 Å². The summed E-state index contributed by atoms with van der Waals surface area (Å²) >= 11 is 10.5. The van der Waals surface area contributed by atoms with E-state index in [2.05, 4.69) is 20.9 Å². The molecule has 6 heteroatoms. The number of carboxylic acids is 1. The fourth-order valence-corrected chi connectivity index (χ4v) is 2.76. The minimum atomic E-state index is -1.02. The molecule has 1 N–H and O–H groups in total. The number of aromatic nitrogens is 1. The Balaban J connectivity index is 2.41. The first-order valence-corrected chi connectivity index (χ1v) is 6.88. The van der Waals surface area contributed by atoms with E-state index in [0.717, 1.165) is 4.90 Å². The van der Waals surface area contributed by atoms with Crippen molar-refractivity contribution < 1.29 is 9.90 Å². The van der Waals surface area contributed by atoms with Crippen molar-refractivity contribution in [2.45, 2.75) is 9.92 Å². The molecule has 2 aromatic rings. The monoisotopic (exact) mass is 343 g/mol. The third-order valence-corrected chi connectivity index (χ3v) is 4.06. The Morgan fingerprint density at radius 1 is 1.39 bits per heavy atom. The normalized spacial score (nSPS) is 10.3. The Hall–Kier alpha value is -1.04. The molecular weight excluding hydrogens is 338 g/mol. The van der Waals surface area contributed by atoms with Crippen LogP contribution < -0.4 is 0 Å². The van der Waals surface area contributed by atoms with Crippen LogP contribution in [0.2, 0.25) is 5.02 Å². The van der Waals surface area contributed by atoms with Gasteiger partial charge in [0.15, 0.2) is 0 Å². The first kappa shape index (κ1) is 13.4. The number of halogens is 2. The van der Waals surface area contributed by atoms with Crippen LogP contribution in [0, 0.1) is 0 Å². The lowest BCUT2D eigenvalue weighted by atomic mass is 10.3. The molecular formula is C12H7BrClNO2S. The standard InChI is InChI=1S/C12H7BrClNO2S/c13-7-5-8(12(16)17)11(15-6-7)18-10-4-2-1-3-9(10)14/h1-6H,(H,16,17). The molecule has 0 radical (unpaired) electrons. The molecule has 3 nitrogen and oxygen atoms in total. The number of hydrogen-bond donors (Lipinski definition) is 1. The van der Waals surface area contributed by atoms with Gasteiger partial charge in [0.2, 0.25) is 0 Å². The summed E-state index contributed by atoms with van der Waals surface area (Å²) in [6.07, 6.45) is 1.56. The number of carboxylic acid groups (broad SMARTS) is 1. The molecule has 0 saturated heterocycles. The van der Waals surface area contributed by atoms with Gasteiger partial charge in [-0.25, -0.2) is 9.78 Å². The lowest BCUT2D eigenvalue weighted by Gasteiger charge is -2.06. The molecule has 2 rings (SSSR count). The lowest BCUT2D eigenvalue weighted by Crippen LogP contribution is -2.00. The molecule has 1 aromatic heterocycles. The number of nitrogens with zero attached hydrogens (tertiary/aromatic N) is 1. The first-order valence-electron chi connectivity index (χ1n) is 4.89. The van der Waals surface area contributed by atoms with Gasteiger partial charge in [-0.1, -0.05) is 35.5 Å². The Kier molecular flexibility index (Phi) is 4.27. The topological polar surface area (TPSA) is 50.2 Å². The molecule has 1 aromatic carbocycles. The van der Waals surface area contributed by atoms with E-state index >= 15 is 0 Å². The lowest BCUT2D eigenvalue weighted by molar-refractivity contribution is 0.0692. The maximum Gasteiger partial charge on any atom is 0.338 e. The largest absolute Gasteiger partial charge is 0.478 e. The number of pyridine rings is 1. The van der Waals surface area contributed by atoms with Gasteiger partial charge in [-0.2, -0.15) is 0 Å². The van der Waals surface area contributed by atoms with Crippen LogP contribution in [-0.4, -0.2) is 16.1 Å². The molecule has 0 spiro atoms. The van der Waals surface area contributed by atoms with E-state index < -0.39 is 5.97 Å². The number of benzene rings is 1. The van der Waals surface area contributed by atoms with E-state index in [1.807, 2.05) is 18.2 Å². The SMILES string of the molecule is O=C(O)c1cc(Br)cnc1Sc1ccccc1Cl. The zero-order chi connectivity index (χ0) is 13.1. The summed E-state index contributed by atoms with van der Waals surface area (Å²) in [5, 5.41) is 10.1. The van der Waals surface area contributed by atoms with Crippen LogP contribution in [0.3, 0.4) is 0 Å². The number of rotatable bonds is 3. The quantitative estimate of drug-likeness (QED) is 0.899. The van der Waals surface area contributed by atoms with Crippen LogP contribution in [0.1, 0.15) is 10.4 Å². The molecule has 0 fully saturated rings. The van der Waals surface area contributed by atoms with Crippen LogP contribution in [0.5, 0.6) is 0 Å². The van der Waals surface area contributed by atoms with Crippen LogP contribution in [0.4, 0.5) is 0 Å². The van der Waals surface area contributed by atoms with Crippen molar-refractivity contribution in [3.8, 4) is 0 Å². The van der Waals surface area contributed by atoms with Gasteiger partial charge in [0.1, 0.15) is 5.03 Å². The van der Waals surface area contributed by atoms with Crippen molar-refractivity contribution >= 4 is 45.3 Å². The zero-order valence-corrected chi connectivity index (χ0v) is 12.1. The molecule has 92 valence electrons. The van der Waals surface area contributed by atoms with Gasteiger partial charge in [0.05, 0.1) is 10.6 Å². The van der Waals surface area contributed by atoms with Crippen LogP contribution in [0.15, 0.2) is 50.9 Å². The second kappa shape index (κ2) is 5.73. The summed E-state index contributed by atoms with van der Waals surface area (Å²) < 4.78 is 0.628. The minimum Gasteiger partial charge on any atom is -0.478 e. The fourth-order valence-electron chi connectivity index (χ4n) is 1.29. The van der Waals surface area contributed by atoms with Gasteiger partial charge < -0.3 is 5.11 Å². The Bertz CT molecular complexity index is 606. The summed E-state index contributed by atoms with van der Waals surface area (Å²) in [6, 6.07) is 8.76. The van der Waals surface area contributed by atoms with Crippen LogP contribution >= 0.6 is 39.3 Å². The maximum absolute atomic E-state index is 11.1. The molecule has 0 aliphatic rings. The number of carbonyl (C=O) groups is 1. The third-order valence-electron chi connectivity index (χ3n) is 2.09. The molecule has 18 heavy (non-hydrogen) atoms. The van der Waals surface area contributed by atoms with Gasteiger partial charge in [-0.3, -0.25) is 0 Å². The zero-order valence-electron chi connectivity index (χ0n) is 8.93. The average molecular weight is 345 g/mol. The van der Waals surface area contributed by atoms with Crippen molar-refractivity contribution in [1.29, 1.82) is 0 Å². The fraction of sp³-hybridized carbons (Fsp3) is 0. The van der Waals surface area contributed by atoms with Crippen molar-refractivity contribution in [1.82, 2.24) is 4.98 Å².